The average molecular weight is 339 g/mol. The Kier molecular flexibility index (Phi) is 4.70. The molecule has 0 spiro atoms. The molecule has 1 aliphatic heterocycles. The minimum absolute atomic E-state index is 0.0517. The van der Waals surface area contributed by atoms with Gasteiger partial charge in [0.1, 0.15) is 0 Å². The Morgan fingerprint density at radius 1 is 1.08 bits per heavy atom. The van der Waals surface area contributed by atoms with E-state index in [0.29, 0.717) is 25.2 Å². The highest BCUT2D eigenvalue weighted by Crippen LogP contribution is 2.23. The molecular weight excluding hydrogens is 318 g/mol. The van der Waals surface area contributed by atoms with Crippen LogP contribution in [0.3, 0.4) is 0 Å². The van der Waals surface area contributed by atoms with E-state index in [1.807, 2.05) is 43.0 Å². The molecule has 2 aromatic carbocycles. The molecule has 1 fully saturated rings. The van der Waals surface area contributed by atoms with Crippen molar-refractivity contribution >= 4 is 17.3 Å². The lowest BCUT2D eigenvalue weighted by Gasteiger charge is -2.41. The summed E-state index contributed by atoms with van der Waals surface area (Å²) in [6, 6.07) is 14.3. The van der Waals surface area contributed by atoms with Gasteiger partial charge in [-0.05, 0) is 38.1 Å². The van der Waals surface area contributed by atoms with Crippen molar-refractivity contribution in [2.75, 3.05) is 24.5 Å². The Morgan fingerprint density at radius 2 is 1.72 bits per heavy atom. The molecule has 1 amide bonds. The number of benzene rings is 2. The number of aryl methyl sites for hydroxylation is 1. The van der Waals surface area contributed by atoms with Gasteiger partial charge in [-0.1, -0.05) is 17.7 Å². The summed E-state index contributed by atoms with van der Waals surface area (Å²) in [5.74, 6) is 0.0517. The van der Waals surface area contributed by atoms with Crippen LogP contribution in [0.15, 0.2) is 48.5 Å². The highest BCUT2D eigenvalue weighted by molar-refractivity contribution is 5.94. The van der Waals surface area contributed by atoms with E-state index in [1.54, 1.807) is 12.1 Å². The lowest BCUT2D eigenvalue weighted by Crippen LogP contribution is -2.54. The van der Waals surface area contributed by atoms with Gasteiger partial charge in [-0.25, -0.2) is 0 Å². The molecule has 2 aromatic rings. The number of piperazine rings is 1. The maximum absolute atomic E-state index is 12.7. The predicted molar refractivity (Wildman–Crippen MR) is 97.0 cm³/mol. The first kappa shape index (κ1) is 17.0. The second-order valence-corrected chi connectivity index (χ2v) is 6.43. The van der Waals surface area contributed by atoms with Crippen LogP contribution in [-0.4, -0.2) is 41.4 Å². The second kappa shape index (κ2) is 6.93. The minimum Gasteiger partial charge on any atom is -0.368 e. The Bertz CT molecular complexity index is 772. The average Bonchev–Trinajstić information content (AvgIpc) is 2.62. The molecule has 1 aliphatic rings. The molecule has 25 heavy (non-hydrogen) atoms. The predicted octanol–water partition coefficient (Wildman–Crippen LogP) is 3.25. The van der Waals surface area contributed by atoms with E-state index < -0.39 is 4.92 Å². The lowest BCUT2D eigenvalue weighted by molar-refractivity contribution is -0.384. The minimum atomic E-state index is -0.398. The third-order valence-corrected chi connectivity index (χ3v) is 4.61. The number of nitrogens with zero attached hydrogens (tertiary/aromatic N) is 3. The number of rotatable bonds is 3. The SMILES string of the molecule is Cc1ccc(C(=O)N2CCN(c3ccc([N+](=O)[O-])cc3)CC2C)cc1. The van der Waals surface area contributed by atoms with E-state index in [1.165, 1.54) is 12.1 Å². The molecule has 1 unspecified atom stereocenters. The van der Waals surface area contributed by atoms with Crippen molar-refractivity contribution in [3.63, 3.8) is 0 Å². The normalized spacial score (nSPS) is 17.4. The van der Waals surface area contributed by atoms with E-state index in [0.717, 1.165) is 11.3 Å². The summed E-state index contributed by atoms with van der Waals surface area (Å²) >= 11 is 0. The molecule has 6 heteroatoms. The van der Waals surface area contributed by atoms with Crippen molar-refractivity contribution < 1.29 is 9.72 Å². The van der Waals surface area contributed by atoms with Crippen LogP contribution in [0.25, 0.3) is 0 Å². The third kappa shape index (κ3) is 3.63. The molecule has 0 N–H and O–H groups in total. The van der Waals surface area contributed by atoms with Crippen LogP contribution < -0.4 is 4.90 Å². The molecule has 130 valence electrons. The Hall–Kier alpha value is -2.89. The van der Waals surface area contributed by atoms with Gasteiger partial charge in [0.05, 0.1) is 4.92 Å². The van der Waals surface area contributed by atoms with Crippen LogP contribution in [0.4, 0.5) is 11.4 Å². The lowest BCUT2D eigenvalue weighted by atomic mass is 10.1. The summed E-state index contributed by atoms with van der Waals surface area (Å²) in [7, 11) is 0. The van der Waals surface area contributed by atoms with E-state index in [2.05, 4.69) is 4.90 Å². The third-order valence-electron chi connectivity index (χ3n) is 4.61. The molecular formula is C19H21N3O3. The van der Waals surface area contributed by atoms with Gasteiger partial charge in [0.25, 0.3) is 11.6 Å². The summed E-state index contributed by atoms with van der Waals surface area (Å²) in [6.45, 7) is 6.07. The van der Waals surface area contributed by atoms with Crippen LogP contribution in [0.2, 0.25) is 0 Å². The van der Waals surface area contributed by atoms with E-state index >= 15 is 0 Å². The topological polar surface area (TPSA) is 66.7 Å². The van der Waals surface area contributed by atoms with Crippen LogP contribution in [0.5, 0.6) is 0 Å². The summed E-state index contributed by atoms with van der Waals surface area (Å²) in [5, 5.41) is 10.8. The Labute approximate surface area is 146 Å². The molecule has 0 saturated carbocycles. The number of hydrogen-bond donors (Lipinski definition) is 0. The van der Waals surface area contributed by atoms with Crippen LogP contribution in [0, 0.1) is 17.0 Å². The maximum Gasteiger partial charge on any atom is 0.269 e. The van der Waals surface area contributed by atoms with Crippen LogP contribution in [-0.2, 0) is 0 Å². The standard InChI is InChI=1S/C19H21N3O3/c1-14-3-5-16(6-4-14)19(23)21-12-11-20(13-15(21)2)17-7-9-18(10-8-17)22(24)25/h3-10,15H,11-13H2,1-2H3. The zero-order chi connectivity index (χ0) is 18.0. The molecule has 1 atom stereocenters. The molecule has 0 radical (unpaired) electrons. The quantitative estimate of drug-likeness (QED) is 0.636. The van der Waals surface area contributed by atoms with Crippen molar-refractivity contribution in [1.82, 2.24) is 4.90 Å². The number of carbonyl (C=O) groups is 1. The zero-order valence-corrected chi connectivity index (χ0v) is 14.4. The van der Waals surface area contributed by atoms with Gasteiger partial charge in [0, 0.05) is 49.1 Å². The Morgan fingerprint density at radius 3 is 2.28 bits per heavy atom. The summed E-state index contributed by atoms with van der Waals surface area (Å²) in [4.78, 5) is 27.1. The van der Waals surface area contributed by atoms with Crippen molar-refractivity contribution in [1.29, 1.82) is 0 Å². The van der Waals surface area contributed by atoms with E-state index in [-0.39, 0.29) is 17.6 Å². The summed E-state index contributed by atoms with van der Waals surface area (Å²) in [6.07, 6.45) is 0. The number of non-ortho nitro benzene ring substituents is 1. The fourth-order valence-electron chi connectivity index (χ4n) is 3.14. The van der Waals surface area contributed by atoms with Crippen molar-refractivity contribution in [3.05, 3.63) is 69.8 Å². The molecule has 1 saturated heterocycles. The van der Waals surface area contributed by atoms with Crippen molar-refractivity contribution in [2.45, 2.75) is 19.9 Å². The molecule has 0 aliphatic carbocycles. The summed E-state index contributed by atoms with van der Waals surface area (Å²) < 4.78 is 0. The van der Waals surface area contributed by atoms with Gasteiger partial charge in [0.2, 0.25) is 0 Å². The first-order valence-electron chi connectivity index (χ1n) is 8.33. The van der Waals surface area contributed by atoms with E-state index in [9.17, 15) is 14.9 Å². The van der Waals surface area contributed by atoms with Gasteiger partial charge >= 0.3 is 0 Å². The van der Waals surface area contributed by atoms with Gasteiger partial charge in [-0.15, -0.1) is 0 Å². The number of nitro groups is 1. The van der Waals surface area contributed by atoms with Crippen molar-refractivity contribution in [2.24, 2.45) is 0 Å². The first-order chi connectivity index (χ1) is 12.0. The van der Waals surface area contributed by atoms with Gasteiger partial charge in [0.15, 0.2) is 0 Å². The number of carbonyl (C=O) groups excluding carboxylic acids is 1. The van der Waals surface area contributed by atoms with Crippen LogP contribution >= 0.6 is 0 Å². The molecule has 6 nitrogen and oxygen atoms in total. The zero-order valence-electron chi connectivity index (χ0n) is 14.4. The largest absolute Gasteiger partial charge is 0.368 e. The van der Waals surface area contributed by atoms with Gasteiger partial charge in [-0.2, -0.15) is 0 Å². The summed E-state index contributed by atoms with van der Waals surface area (Å²) in [5.41, 5.74) is 2.87. The van der Waals surface area contributed by atoms with Gasteiger partial charge in [-0.3, -0.25) is 14.9 Å². The smallest absolute Gasteiger partial charge is 0.269 e. The molecule has 0 aromatic heterocycles. The van der Waals surface area contributed by atoms with Crippen LogP contribution in [0.1, 0.15) is 22.8 Å². The monoisotopic (exact) mass is 339 g/mol. The van der Waals surface area contributed by atoms with Gasteiger partial charge < -0.3 is 9.80 Å². The molecule has 0 bridgehead atoms. The molecule has 3 rings (SSSR count). The highest BCUT2D eigenvalue weighted by Gasteiger charge is 2.28. The van der Waals surface area contributed by atoms with E-state index in [4.69, 9.17) is 0 Å². The Balaban J connectivity index is 1.68. The number of amides is 1. The number of anilines is 1. The fourth-order valence-corrected chi connectivity index (χ4v) is 3.14. The maximum atomic E-state index is 12.7. The fraction of sp³-hybridized carbons (Fsp3) is 0.316. The molecule has 1 heterocycles. The van der Waals surface area contributed by atoms with Crippen molar-refractivity contribution in [3.8, 4) is 0 Å². The highest BCUT2D eigenvalue weighted by atomic mass is 16.6. The first-order valence-corrected chi connectivity index (χ1v) is 8.33. The second-order valence-electron chi connectivity index (χ2n) is 6.43. The number of nitro benzene ring substituents is 1. The number of hydrogen-bond acceptors (Lipinski definition) is 4.